The Morgan fingerprint density at radius 1 is 1.30 bits per heavy atom. The summed E-state index contributed by atoms with van der Waals surface area (Å²) >= 11 is 0. The average molecular weight is 420 g/mol. The summed E-state index contributed by atoms with van der Waals surface area (Å²) in [6.07, 6.45) is 1.86. The van der Waals surface area contributed by atoms with E-state index in [1.54, 1.807) is 29.2 Å². The van der Waals surface area contributed by atoms with E-state index in [9.17, 15) is 13.2 Å². The van der Waals surface area contributed by atoms with Crippen LogP contribution in [0.3, 0.4) is 0 Å². The predicted molar refractivity (Wildman–Crippen MR) is 110 cm³/mol. The molecule has 1 amide bonds. The van der Waals surface area contributed by atoms with E-state index in [1.165, 1.54) is 0 Å². The molecule has 0 aromatic heterocycles. The maximum atomic E-state index is 12.4. The van der Waals surface area contributed by atoms with Crippen LogP contribution in [0.4, 0.5) is 5.69 Å². The van der Waals surface area contributed by atoms with Crippen molar-refractivity contribution < 1.29 is 17.9 Å². The minimum absolute atomic E-state index is 0. The van der Waals surface area contributed by atoms with Gasteiger partial charge >= 0.3 is 0 Å². The lowest BCUT2D eigenvalue weighted by molar-refractivity contribution is -0.130. The molecule has 0 aliphatic carbocycles. The highest BCUT2D eigenvalue weighted by Crippen LogP contribution is 2.20. The summed E-state index contributed by atoms with van der Waals surface area (Å²) in [7, 11) is -3.77. The van der Waals surface area contributed by atoms with E-state index in [2.05, 4.69) is 4.72 Å². The number of halogens is 1. The van der Waals surface area contributed by atoms with E-state index in [-0.39, 0.29) is 36.4 Å². The molecule has 1 aliphatic rings. The Hall–Kier alpha value is -1.51. The number of sulfonamides is 1. The molecule has 0 saturated carbocycles. The van der Waals surface area contributed by atoms with Gasteiger partial charge in [-0.3, -0.25) is 9.52 Å². The van der Waals surface area contributed by atoms with Crippen LogP contribution in [0.5, 0.6) is 5.75 Å². The second-order valence-electron chi connectivity index (χ2n) is 7.15. The number of carbonyl (C=O) groups is 1. The Labute approximate surface area is 168 Å². The zero-order valence-electron chi connectivity index (χ0n) is 16.1. The number of nitrogens with one attached hydrogen (secondary N) is 1. The number of benzene rings is 1. The van der Waals surface area contributed by atoms with Gasteiger partial charge in [0, 0.05) is 24.8 Å². The van der Waals surface area contributed by atoms with E-state index < -0.39 is 15.8 Å². The van der Waals surface area contributed by atoms with Crippen molar-refractivity contribution in [1.82, 2.24) is 4.90 Å². The van der Waals surface area contributed by atoms with Crippen molar-refractivity contribution in [3.63, 3.8) is 0 Å². The summed E-state index contributed by atoms with van der Waals surface area (Å²) in [6, 6.07) is 6.61. The van der Waals surface area contributed by atoms with Gasteiger partial charge in [-0.2, -0.15) is 0 Å². The lowest BCUT2D eigenvalue weighted by atomic mass is 9.92. The molecule has 2 rings (SSSR count). The summed E-state index contributed by atoms with van der Waals surface area (Å²) in [5.41, 5.74) is 6.33. The summed E-state index contributed by atoms with van der Waals surface area (Å²) in [6.45, 7) is 6.85. The number of nitrogens with two attached hydrogens (primary N) is 1. The van der Waals surface area contributed by atoms with Crippen LogP contribution in [0.2, 0.25) is 0 Å². The largest absolute Gasteiger partial charge is 0.491 e. The molecule has 1 aliphatic heterocycles. The summed E-state index contributed by atoms with van der Waals surface area (Å²) in [5.74, 6) is -0.0723. The smallest absolute Gasteiger partial charge is 0.241 e. The fraction of sp³-hybridized carbons (Fsp3) is 0.611. The molecule has 1 fully saturated rings. The molecule has 7 nitrogen and oxygen atoms in total. The van der Waals surface area contributed by atoms with Gasteiger partial charge < -0.3 is 15.4 Å². The third-order valence-corrected chi connectivity index (χ3v) is 5.54. The van der Waals surface area contributed by atoms with Crippen LogP contribution in [-0.2, 0) is 14.8 Å². The molecule has 1 aromatic carbocycles. The molecule has 1 saturated heterocycles. The van der Waals surface area contributed by atoms with Crippen molar-refractivity contribution in [2.24, 2.45) is 11.7 Å². The molecule has 9 heteroatoms. The van der Waals surface area contributed by atoms with E-state index in [0.717, 1.165) is 12.8 Å². The first-order valence-electron chi connectivity index (χ1n) is 8.97. The normalized spacial score (nSPS) is 18.6. The average Bonchev–Trinajstić information content (AvgIpc) is 2.55. The number of anilines is 1. The third kappa shape index (κ3) is 7.56. The summed E-state index contributed by atoms with van der Waals surface area (Å²) in [4.78, 5) is 14.0. The van der Waals surface area contributed by atoms with Crippen LogP contribution >= 0.6 is 12.4 Å². The number of rotatable bonds is 7. The number of carbonyl (C=O) groups excluding carboxylic acids is 1. The molecule has 2 unspecified atom stereocenters. The Morgan fingerprint density at radius 2 is 1.93 bits per heavy atom. The first-order valence-corrected chi connectivity index (χ1v) is 10.6. The fourth-order valence-electron chi connectivity index (χ4n) is 3.01. The maximum Gasteiger partial charge on any atom is 0.241 e. The molecule has 2 atom stereocenters. The van der Waals surface area contributed by atoms with Crippen LogP contribution in [-0.4, -0.2) is 50.2 Å². The Morgan fingerprint density at radius 3 is 2.48 bits per heavy atom. The Bertz CT molecular complexity index is 708. The highest BCUT2D eigenvalue weighted by Gasteiger charge is 2.28. The van der Waals surface area contributed by atoms with Gasteiger partial charge in [0.15, 0.2) is 0 Å². The van der Waals surface area contributed by atoms with Crippen molar-refractivity contribution >= 4 is 34.0 Å². The predicted octanol–water partition coefficient (Wildman–Crippen LogP) is 2.22. The number of hydrogen-bond acceptors (Lipinski definition) is 5. The number of nitrogens with zero attached hydrogens (tertiary/aromatic N) is 1. The second-order valence-corrected chi connectivity index (χ2v) is 8.88. The van der Waals surface area contributed by atoms with E-state index in [1.807, 2.05) is 20.8 Å². The molecule has 154 valence electrons. The summed E-state index contributed by atoms with van der Waals surface area (Å²) < 4.78 is 32.6. The minimum Gasteiger partial charge on any atom is -0.491 e. The van der Waals surface area contributed by atoms with Gasteiger partial charge in [-0.25, -0.2) is 8.42 Å². The highest BCUT2D eigenvalue weighted by atomic mass is 35.5. The van der Waals surface area contributed by atoms with Crippen LogP contribution in [0.15, 0.2) is 24.3 Å². The van der Waals surface area contributed by atoms with Gasteiger partial charge in [0.2, 0.25) is 15.9 Å². The maximum absolute atomic E-state index is 12.4. The molecular weight excluding hydrogens is 390 g/mol. The SMILES string of the molecule is CC(C)Oc1ccc(NS(=O)(=O)CC(=O)N2CCCC(C(C)N)C2)cc1.Cl. The molecule has 0 bridgehead atoms. The van der Waals surface area contributed by atoms with Crippen molar-refractivity contribution in [2.45, 2.75) is 45.8 Å². The first kappa shape index (κ1) is 23.5. The molecule has 0 radical (unpaired) electrons. The number of piperidine rings is 1. The van der Waals surface area contributed by atoms with Crippen molar-refractivity contribution in [3.8, 4) is 5.75 Å². The Kier molecular flexibility index (Phi) is 8.84. The van der Waals surface area contributed by atoms with Crippen LogP contribution < -0.4 is 15.2 Å². The zero-order chi connectivity index (χ0) is 19.3. The van der Waals surface area contributed by atoms with Gasteiger partial charge in [0.05, 0.1) is 6.10 Å². The topological polar surface area (TPSA) is 102 Å². The lowest BCUT2D eigenvalue weighted by Crippen LogP contribution is -2.47. The number of amides is 1. The van der Waals surface area contributed by atoms with Gasteiger partial charge in [0.25, 0.3) is 0 Å². The van der Waals surface area contributed by atoms with E-state index in [0.29, 0.717) is 24.5 Å². The summed E-state index contributed by atoms with van der Waals surface area (Å²) in [5, 5.41) is 0. The molecule has 3 N–H and O–H groups in total. The van der Waals surface area contributed by atoms with Crippen molar-refractivity contribution in [1.29, 1.82) is 0 Å². The number of hydrogen-bond donors (Lipinski definition) is 2. The first-order chi connectivity index (χ1) is 12.2. The van der Waals surface area contributed by atoms with Crippen LogP contribution in [0.25, 0.3) is 0 Å². The van der Waals surface area contributed by atoms with Crippen LogP contribution in [0, 0.1) is 5.92 Å². The monoisotopic (exact) mass is 419 g/mol. The third-order valence-electron chi connectivity index (χ3n) is 4.37. The molecule has 1 heterocycles. The number of ether oxygens (including phenoxy) is 1. The van der Waals surface area contributed by atoms with E-state index in [4.69, 9.17) is 10.5 Å². The van der Waals surface area contributed by atoms with Gasteiger partial charge in [-0.05, 0) is 63.8 Å². The molecule has 0 spiro atoms. The van der Waals surface area contributed by atoms with Crippen molar-refractivity contribution in [3.05, 3.63) is 24.3 Å². The van der Waals surface area contributed by atoms with Gasteiger partial charge in [0.1, 0.15) is 11.5 Å². The highest BCUT2D eigenvalue weighted by molar-refractivity contribution is 7.93. The fourth-order valence-corrected chi connectivity index (χ4v) is 4.08. The lowest BCUT2D eigenvalue weighted by Gasteiger charge is -2.34. The second kappa shape index (κ2) is 10.1. The van der Waals surface area contributed by atoms with Gasteiger partial charge in [-0.1, -0.05) is 0 Å². The van der Waals surface area contributed by atoms with Crippen molar-refractivity contribution in [2.75, 3.05) is 23.6 Å². The molecular formula is C18H30ClN3O4S. The van der Waals surface area contributed by atoms with Crippen LogP contribution in [0.1, 0.15) is 33.6 Å². The number of likely N-dealkylation sites (tertiary alicyclic amines) is 1. The minimum atomic E-state index is -3.77. The molecule has 1 aromatic rings. The standard InChI is InChI=1S/C18H29N3O4S.ClH/c1-13(2)25-17-8-6-16(7-9-17)20-26(23,24)12-18(22)21-10-4-5-15(11-21)14(3)19;/h6-9,13-15,20H,4-5,10-12,19H2,1-3H3;1H. The Balaban J connectivity index is 0.00000364. The zero-order valence-corrected chi connectivity index (χ0v) is 17.7. The van der Waals surface area contributed by atoms with Gasteiger partial charge in [-0.15, -0.1) is 12.4 Å². The quantitative estimate of drug-likeness (QED) is 0.705. The molecule has 27 heavy (non-hydrogen) atoms. The van der Waals surface area contributed by atoms with E-state index >= 15 is 0 Å².